The monoisotopic (exact) mass is 403 g/mol. The van der Waals surface area contributed by atoms with E-state index >= 15 is 0 Å². The van der Waals surface area contributed by atoms with Gasteiger partial charge < -0.3 is 15.1 Å². The number of carbonyl (C=O) groups is 1. The van der Waals surface area contributed by atoms with Gasteiger partial charge in [0.05, 0.1) is 37.1 Å². The van der Waals surface area contributed by atoms with Gasteiger partial charge >= 0.3 is 0 Å². The molecule has 2 aromatic rings. The summed E-state index contributed by atoms with van der Waals surface area (Å²) < 4.78 is 0. The van der Waals surface area contributed by atoms with Crippen LogP contribution in [-0.4, -0.2) is 43.6 Å². The first-order valence-electron chi connectivity index (χ1n) is 9.30. The van der Waals surface area contributed by atoms with E-state index in [1.54, 1.807) is 12.1 Å². The molecule has 0 unspecified atom stereocenters. The molecule has 1 aliphatic heterocycles. The highest BCUT2D eigenvalue weighted by molar-refractivity contribution is 6.30. The van der Waals surface area contributed by atoms with Crippen LogP contribution >= 0.6 is 11.6 Å². The van der Waals surface area contributed by atoms with Crippen molar-refractivity contribution in [3.8, 4) is 0 Å². The highest BCUT2D eigenvalue weighted by Gasteiger charge is 2.23. The van der Waals surface area contributed by atoms with E-state index in [9.17, 15) is 14.9 Å². The lowest BCUT2D eigenvalue weighted by Crippen LogP contribution is -3.15. The average Bonchev–Trinajstić information content (AvgIpc) is 2.68. The van der Waals surface area contributed by atoms with Gasteiger partial charge in [-0.15, -0.1) is 0 Å². The topological polar surface area (TPSA) is 79.9 Å². The van der Waals surface area contributed by atoms with E-state index in [1.807, 2.05) is 31.2 Å². The fourth-order valence-corrected chi connectivity index (χ4v) is 3.62. The maximum atomic E-state index is 12.4. The third kappa shape index (κ3) is 5.21. The molecule has 1 fully saturated rings. The van der Waals surface area contributed by atoms with Crippen molar-refractivity contribution in [1.82, 2.24) is 5.32 Å². The lowest BCUT2D eigenvalue weighted by Gasteiger charge is -2.33. The number of piperazine rings is 1. The summed E-state index contributed by atoms with van der Waals surface area (Å²) in [6.07, 6.45) is 0. The number of benzene rings is 2. The Morgan fingerprint density at radius 2 is 1.93 bits per heavy atom. The third-order valence-corrected chi connectivity index (χ3v) is 5.27. The number of hydrogen-bond acceptors (Lipinski definition) is 4. The van der Waals surface area contributed by atoms with Crippen molar-refractivity contribution in [2.24, 2.45) is 0 Å². The van der Waals surface area contributed by atoms with Crippen molar-refractivity contribution in [1.29, 1.82) is 0 Å². The second-order valence-electron chi connectivity index (χ2n) is 7.03. The Bertz CT molecular complexity index is 836. The van der Waals surface area contributed by atoms with Gasteiger partial charge in [0.25, 0.3) is 11.6 Å². The van der Waals surface area contributed by atoms with Crippen LogP contribution in [0.1, 0.15) is 18.5 Å². The number of quaternary nitrogens is 1. The maximum Gasteiger partial charge on any atom is 0.275 e. The van der Waals surface area contributed by atoms with E-state index in [0.29, 0.717) is 11.6 Å². The second-order valence-corrected chi connectivity index (χ2v) is 7.47. The Labute approximate surface area is 169 Å². The minimum Gasteiger partial charge on any atom is -0.360 e. The Kier molecular flexibility index (Phi) is 6.49. The molecule has 0 spiro atoms. The number of hydrogen-bond donors (Lipinski definition) is 2. The molecule has 0 aromatic heterocycles. The van der Waals surface area contributed by atoms with Gasteiger partial charge in [-0.1, -0.05) is 23.7 Å². The molecule has 1 saturated heterocycles. The molecule has 8 heteroatoms. The van der Waals surface area contributed by atoms with Crippen molar-refractivity contribution in [3.63, 3.8) is 0 Å². The summed E-state index contributed by atoms with van der Waals surface area (Å²) in [5.74, 6) is 0.0197. The molecule has 1 amide bonds. The lowest BCUT2D eigenvalue weighted by molar-refractivity contribution is -0.892. The molecule has 0 aliphatic carbocycles. The summed E-state index contributed by atoms with van der Waals surface area (Å²) in [5, 5.41) is 14.5. The zero-order chi connectivity index (χ0) is 20.1. The van der Waals surface area contributed by atoms with Gasteiger partial charge in [0.1, 0.15) is 0 Å². The number of carbonyl (C=O) groups excluding carboxylic acids is 1. The van der Waals surface area contributed by atoms with Crippen molar-refractivity contribution in [2.45, 2.75) is 13.0 Å². The zero-order valence-electron chi connectivity index (χ0n) is 15.7. The van der Waals surface area contributed by atoms with Gasteiger partial charge in [-0.2, -0.15) is 0 Å². The maximum absolute atomic E-state index is 12.4. The molecule has 1 heterocycles. The van der Waals surface area contributed by atoms with Gasteiger partial charge in [0.15, 0.2) is 6.54 Å². The lowest BCUT2D eigenvalue weighted by atomic mass is 10.1. The Balaban J connectivity index is 1.47. The molecule has 1 atom stereocenters. The van der Waals surface area contributed by atoms with E-state index in [0.717, 1.165) is 37.4 Å². The predicted octanol–water partition coefficient (Wildman–Crippen LogP) is 1.83. The molecule has 28 heavy (non-hydrogen) atoms. The van der Waals surface area contributed by atoms with Crippen LogP contribution in [0.4, 0.5) is 11.4 Å². The minimum atomic E-state index is -0.394. The number of nitrogens with zero attached hydrogens (tertiary/aromatic N) is 2. The standard InChI is InChI=1S/C20H23ClN4O3/c1-15(16-3-2-4-17(21)13-16)22-20(26)14-23-9-11-24(12-10-23)18-5-7-19(8-6-18)25(27)28/h2-8,13,15H,9-12,14H2,1H3,(H,22,26)/p+1/t15-/m1/s1. The first-order chi connectivity index (χ1) is 13.4. The quantitative estimate of drug-likeness (QED) is 0.569. The molecule has 2 aromatic carbocycles. The number of rotatable bonds is 6. The minimum absolute atomic E-state index is 0.0197. The van der Waals surface area contributed by atoms with Crippen molar-refractivity contribution in [2.75, 3.05) is 37.6 Å². The van der Waals surface area contributed by atoms with E-state index in [1.165, 1.54) is 17.0 Å². The number of amides is 1. The van der Waals surface area contributed by atoms with Crippen LogP contribution < -0.4 is 15.1 Å². The summed E-state index contributed by atoms with van der Waals surface area (Å²) in [7, 11) is 0. The molecule has 2 N–H and O–H groups in total. The smallest absolute Gasteiger partial charge is 0.275 e. The fourth-order valence-electron chi connectivity index (χ4n) is 3.42. The highest BCUT2D eigenvalue weighted by atomic mass is 35.5. The number of non-ortho nitro benzene ring substituents is 1. The Morgan fingerprint density at radius 3 is 2.54 bits per heavy atom. The highest BCUT2D eigenvalue weighted by Crippen LogP contribution is 2.19. The van der Waals surface area contributed by atoms with E-state index in [2.05, 4.69) is 10.2 Å². The van der Waals surface area contributed by atoms with E-state index in [4.69, 9.17) is 11.6 Å². The Hall–Kier alpha value is -2.64. The average molecular weight is 404 g/mol. The van der Waals surface area contributed by atoms with Crippen molar-refractivity contribution < 1.29 is 14.6 Å². The molecular formula is C20H24ClN4O3+. The van der Waals surface area contributed by atoms with Crippen LogP contribution in [0.15, 0.2) is 48.5 Å². The number of halogens is 1. The summed E-state index contributed by atoms with van der Waals surface area (Å²) >= 11 is 6.01. The molecule has 7 nitrogen and oxygen atoms in total. The van der Waals surface area contributed by atoms with Gasteiger partial charge in [-0.25, -0.2) is 0 Å². The first kappa shape index (κ1) is 20.1. The van der Waals surface area contributed by atoms with Crippen molar-refractivity contribution >= 4 is 28.9 Å². The molecule has 0 radical (unpaired) electrons. The molecule has 0 saturated carbocycles. The SMILES string of the molecule is C[C@@H](NC(=O)C[NH+]1CCN(c2ccc([N+](=O)[O-])cc2)CC1)c1cccc(Cl)c1. The largest absolute Gasteiger partial charge is 0.360 e. The van der Waals surface area contributed by atoms with Crippen molar-refractivity contribution in [3.05, 3.63) is 69.2 Å². The van der Waals surface area contributed by atoms with Crippen LogP contribution in [-0.2, 0) is 4.79 Å². The molecule has 1 aliphatic rings. The van der Waals surface area contributed by atoms with Gasteiger partial charge in [0, 0.05) is 22.8 Å². The number of nitro benzene ring substituents is 1. The second kappa shape index (κ2) is 9.03. The Morgan fingerprint density at radius 1 is 1.25 bits per heavy atom. The fraction of sp³-hybridized carbons (Fsp3) is 0.350. The molecule has 3 rings (SSSR count). The van der Waals surface area contributed by atoms with Crippen LogP contribution in [0, 0.1) is 10.1 Å². The summed E-state index contributed by atoms with van der Waals surface area (Å²) in [6.45, 7) is 5.69. The number of nitrogens with one attached hydrogen (secondary N) is 2. The van der Waals surface area contributed by atoms with Crippen LogP contribution in [0.3, 0.4) is 0 Å². The third-order valence-electron chi connectivity index (χ3n) is 5.03. The first-order valence-corrected chi connectivity index (χ1v) is 9.68. The summed E-state index contributed by atoms with van der Waals surface area (Å²) in [6, 6.07) is 14.0. The zero-order valence-corrected chi connectivity index (χ0v) is 16.5. The number of nitro groups is 1. The van der Waals surface area contributed by atoms with Crippen LogP contribution in [0.2, 0.25) is 5.02 Å². The van der Waals surface area contributed by atoms with E-state index in [-0.39, 0.29) is 17.6 Å². The van der Waals surface area contributed by atoms with Gasteiger partial charge in [0.2, 0.25) is 0 Å². The molecular weight excluding hydrogens is 380 g/mol. The summed E-state index contributed by atoms with van der Waals surface area (Å²) in [4.78, 5) is 26.2. The normalized spacial score (nSPS) is 15.9. The van der Waals surface area contributed by atoms with E-state index < -0.39 is 4.92 Å². The molecule has 148 valence electrons. The van der Waals surface area contributed by atoms with Crippen LogP contribution in [0.25, 0.3) is 0 Å². The number of anilines is 1. The van der Waals surface area contributed by atoms with Gasteiger partial charge in [-0.05, 0) is 36.8 Å². The predicted molar refractivity (Wildman–Crippen MR) is 109 cm³/mol. The van der Waals surface area contributed by atoms with Crippen LogP contribution in [0.5, 0.6) is 0 Å². The molecule has 0 bridgehead atoms. The summed E-state index contributed by atoms with van der Waals surface area (Å²) in [5.41, 5.74) is 2.06. The van der Waals surface area contributed by atoms with Gasteiger partial charge in [-0.3, -0.25) is 14.9 Å².